The zero-order valence-electron chi connectivity index (χ0n) is 20.5. The van der Waals surface area contributed by atoms with Crippen LogP contribution in [0.1, 0.15) is 39.6 Å². The minimum Gasteiger partial charge on any atom is -0.493 e. The van der Waals surface area contributed by atoms with Crippen molar-refractivity contribution < 1.29 is 19.4 Å². The summed E-state index contributed by atoms with van der Waals surface area (Å²) in [7, 11) is 1.58. The minimum absolute atomic E-state index is 0.181. The van der Waals surface area contributed by atoms with Gasteiger partial charge in [-0.3, -0.25) is 9.59 Å². The van der Waals surface area contributed by atoms with E-state index in [-0.39, 0.29) is 18.4 Å². The number of hydrogen-bond acceptors (Lipinski definition) is 4. The highest BCUT2D eigenvalue weighted by Crippen LogP contribution is 2.28. The zero-order valence-corrected chi connectivity index (χ0v) is 20.5. The van der Waals surface area contributed by atoms with E-state index < -0.39 is 6.04 Å². The summed E-state index contributed by atoms with van der Waals surface area (Å²) in [5.41, 5.74) is 4.56. The van der Waals surface area contributed by atoms with Crippen LogP contribution in [0.25, 0.3) is 22.0 Å². The molecule has 0 saturated heterocycles. The Morgan fingerprint density at radius 3 is 2.58 bits per heavy atom. The molecule has 1 atom stereocenters. The van der Waals surface area contributed by atoms with E-state index in [0.29, 0.717) is 29.9 Å². The third kappa shape index (κ3) is 5.58. The summed E-state index contributed by atoms with van der Waals surface area (Å²) in [4.78, 5) is 28.7. The second-order valence-corrected chi connectivity index (χ2v) is 8.64. The molecule has 0 unspecified atom stereocenters. The molecule has 0 bridgehead atoms. The van der Waals surface area contributed by atoms with Gasteiger partial charge in [0.05, 0.1) is 24.8 Å². The van der Waals surface area contributed by atoms with Crippen LogP contribution < -0.4 is 15.4 Å². The summed E-state index contributed by atoms with van der Waals surface area (Å²) < 4.78 is 5.74. The average Bonchev–Trinajstić information content (AvgIpc) is 3.33. The number of hydrogen-bond donors (Lipinski definition) is 4. The number of aromatic amines is 1. The van der Waals surface area contributed by atoms with Crippen molar-refractivity contribution in [1.29, 1.82) is 0 Å². The van der Waals surface area contributed by atoms with Crippen molar-refractivity contribution >= 4 is 22.7 Å². The maximum atomic E-state index is 13.1. The van der Waals surface area contributed by atoms with Crippen LogP contribution in [0, 0.1) is 0 Å². The van der Waals surface area contributed by atoms with Gasteiger partial charge < -0.3 is 25.5 Å². The number of fused-ring (bicyclic) bond motifs is 1. The number of aliphatic hydroxyl groups is 1. The molecule has 7 nitrogen and oxygen atoms in total. The van der Waals surface area contributed by atoms with Crippen LogP contribution in [0.3, 0.4) is 0 Å². The molecule has 4 N–H and O–H groups in total. The molecule has 0 fully saturated rings. The number of benzene rings is 3. The Balaban J connectivity index is 1.53. The zero-order chi connectivity index (χ0) is 25.5. The first-order valence-electron chi connectivity index (χ1n) is 12.1. The van der Waals surface area contributed by atoms with Gasteiger partial charge in [0.15, 0.2) is 0 Å². The molecule has 2 amide bonds. The Morgan fingerprint density at radius 1 is 1.00 bits per heavy atom. The van der Waals surface area contributed by atoms with Crippen LogP contribution in [0.15, 0.2) is 72.9 Å². The van der Waals surface area contributed by atoms with E-state index in [1.165, 1.54) is 0 Å². The van der Waals surface area contributed by atoms with Crippen LogP contribution in [0.2, 0.25) is 0 Å². The number of para-hydroxylation sites is 1. The molecule has 1 aromatic heterocycles. The fourth-order valence-electron chi connectivity index (χ4n) is 4.20. The van der Waals surface area contributed by atoms with E-state index in [0.717, 1.165) is 34.0 Å². The van der Waals surface area contributed by atoms with E-state index in [4.69, 9.17) is 4.74 Å². The number of carbonyl (C=O) groups excluding carboxylic acids is 2. The SMILES string of the molecule is CCCOc1ccc(-c2cccc(C(=O)N[C@@H](CO)Cc3c[nH]c4ccccc34)c2)cc1C(=O)NC. The highest BCUT2D eigenvalue weighted by molar-refractivity contribution is 5.99. The number of H-pyrrole nitrogens is 1. The summed E-state index contributed by atoms with van der Waals surface area (Å²) in [6.45, 7) is 2.34. The lowest BCUT2D eigenvalue weighted by Gasteiger charge is -2.17. The van der Waals surface area contributed by atoms with E-state index in [1.807, 2.05) is 49.5 Å². The topological polar surface area (TPSA) is 103 Å². The number of ether oxygens (including phenoxy) is 1. The van der Waals surface area contributed by atoms with Crippen molar-refractivity contribution in [3.63, 3.8) is 0 Å². The number of nitrogens with one attached hydrogen (secondary N) is 3. The first-order valence-corrected chi connectivity index (χ1v) is 12.1. The average molecular weight is 486 g/mol. The fourth-order valence-corrected chi connectivity index (χ4v) is 4.20. The smallest absolute Gasteiger partial charge is 0.254 e. The van der Waals surface area contributed by atoms with E-state index in [2.05, 4.69) is 15.6 Å². The third-order valence-corrected chi connectivity index (χ3v) is 6.07. The molecule has 36 heavy (non-hydrogen) atoms. The third-order valence-electron chi connectivity index (χ3n) is 6.07. The van der Waals surface area contributed by atoms with E-state index in [9.17, 15) is 14.7 Å². The summed E-state index contributed by atoms with van der Waals surface area (Å²) >= 11 is 0. The van der Waals surface area contributed by atoms with E-state index >= 15 is 0 Å². The van der Waals surface area contributed by atoms with Crippen LogP contribution in [-0.2, 0) is 6.42 Å². The molecule has 186 valence electrons. The molecule has 0 aliphatic rings. The molecule has 0 aliphatic heterocycles. The second-order valence-electron chi connectivity index (χ2n) is 8.64. The Kier molecular flexibility index (Phi) is 8.02. The Labute approximate surface area is 210 Å². The number of amides is 2. The standard InChI is InChI=1S/C29H31N3O4/c1-3-13-36-27-12-11-20(16-25(27)29(35)30-2)19-7-6-8-21(14-19)28(34)32-23(18-33)15-22-17-31-26-10-5-4-9-24(22)26/h4-12,14,16-17,23,31,33H,3,13,15,18H2,1-2H3,(H,30,35)(H,32,34)/t23-/m1/s1. The van der Waals surface area contributed by atoms with Gasteiger partial charge in [-0.25, -0.2) is 0 Å². The van der Waals surface area contributed by atoms with Gasteiger partial charge in [-0.05, 0) is 59.9 Å². The largest absolute Gasteiger partial charge is 0.493 e. The molecule has 1 heterocycles. The Hall–Kier alpha value is -4.10. The summed E-state index contributed by atoms with van der Waals surface area (Å²) in [5.74, 6) is 0.0157. The first kappa shape index (κ1) is 25.0. The van der Waals surface area contributed by atoms with Crippen molar-refractivity contribution in [2.45, 2.75) is 25.8 Å². The van der Waals surface area contributed by atoms with Crippen molar-refractivity contribution in [3.8, 4) is 16.9 Å². The quantitative estimate of drug-likeness (QED) is 0.269. The first-order chi connectivity index (χ1) is 17.5. The summed E-state index contributed by atoms with van der Waals surface area (Å²) in [6, 6.07) is 20.2. The van der Waals surface area contributed by atoms with Gasteiger partial charge >= 0.3 is 0 Å². The number of aliphatic hydroxyl groups excluding tert-OH is 1. The molecule has 3 aromatic carbocycles. The van der Waals surface area contributed by atoms with Crippen LogP contribution in [0.5, 0.6) is 5.75 Å². The molecule has 4 aromatic rings. The fraction of sp³-hybridized carbons (Fsp3) is 0.241. The predicted octanol–water partition coefficient (Wildman–Crippen LogP) is 4.32. The van der Waals surface area contributed by atoms with Gasteiger partial charge in [-0.2, -0.15) is 0 Å². The molecular formula is C29H31N3O4. The minimum atomic E-state index is -0.435. The van der Waals surface area contributed by atoms with Gasteiger partial charge in [-0.1, -0.05) is 43.3 Å². The van der Waals surface area contributed by atoms with Crippen LogP contribution >= 0.6 is 0 Å². The van der Waals surface area contributed by atoms with Gasteiger partial charge in [0.1, 0.15) is 5.75 Å². The molecule has 0 aliphatic carbocycles. The van der Waals surface area contributed by atoms with Gasteiger partial charge in [-0.15, -0.1) is 0 Å². The lowest BCUT2D eigenvalue weighted by molar-refractivity contribution is 0.0915. The molecule has 7 heteroatoms. The molecule has 0 spiro atoms. The highest BCUT2D eigenvalue weighted by Gasteiger charge is 2.17. The van der Waals surface area contributed by atoms with Crippen molar-refractivity contribution in [1.82, 2.24) is 15.6 Å². The maximum absolute atomic E-state index is 13.1. The van der Waals surface area contributed by atoms with Gasteiger partial charge in [0.25, 0.3) is 11.8 Å². The summed E-state index contributed by atoms with van der Waals surface area (Å²) in [6.07, 6.45) is 3.25. The lowest BCUT2D eigenvalue weighted by Crippen LogP contribution is -2.39. The molecular weight excluding hydrogens is 454 g/mol. The van der Waals surface area contributed by atoms with Crippen LogP contribution in [0.4, 0.5) is 0 Å². The van der Waals surface area contributed by atoms with Crippen molar-refractivity contribution in [2.75, 3.05) is 20.3 Å². The molecule has 0 saturated carbocycles. The maximum Gasteiger partial charge on any atom is 0.254 e. The second kappa shape index (κ2) is 11.6. The number of carbonyl (C=O) groups is 2. The van der Waals surface area contributed by atoms with E-state index in [1.54, 1.807) is 37.4 Å². The monoisotopic (exact) mass is 485 g/mol. The lowest BCUT2D eigenvalue weighted by atomic mass is 9.99. The predicted molar refractivity (Wildman–Crippen MR) is 141 cm³/mol. The van der Waals surface area contributed by atoms with Gasteiger partial charge in [0.2, 0.25) is 0 Å². The Morgan fingerprint density at radius 2 is 1.81 bits per heavy atom. The highest BCUT2D eigenvalue weighted by atomic mass is 16.5. The molecule has 0 radical (unpaired) electrons. The number of aromatic nitrogens is 1. The van der Waals surface area contributed by atoms with Crippen LogP contribution in [-0.4, -0.2) is 48.2 Å². The number of rotatable bonds is 10. The summed E-state index contributed by atoms with van der Waals surface area (Å²) in [5, 5.41) is 16.6. The van der Waals surface area contributed by atoms with Crippen molar-refractivity contribution in [2.24, 2.45) is 0 Å². The van der Waals surface area contributed by atoms with Gasteiger partial charge in [0, 0.05) is 29.7 Å². The Bertz CT molecular complexity index is 1360. The van der Waals surface area contributed by atoms with Crippen molar-refractivity contribution in [3.05, 3.63) is 89.6 Å². The normalized spacial score (nSPS) is 11.8. The molecule has 4 rings (SSSR count).